The lowest BCUT2D eigenvalue weighted by atomic mass is 10.3. The van der Waals surface area contributed by atoms with Gasteiger partial charge in [0.15, 0.2) is 5.15 Å². The van der Waals surface area contributed by atoms with Gasteiger partial charge in [-0.25, -0.2) is 4.98 Å². The van der Waals surface area contributed by atoms with Gasteiger partial charge < -0.3 is 4.57 Å². The third kappa shape index (κ3) is 1.90. The number of rotatable bonds is 2. The van der Waals surface area contributed by atoms with E-state index in [0.29, 0.717) is 11.6 Å². The van der Waals surface area contributed by atoms with Crippen molar-refractivity contribution in [2.24, 2.45) is 7.05 Å². The van der Waals surface area contributed by atoms with Crippen molar-refractivity contribution >= 4 is 11.6 Å². The molecule has 0 N–H and O–H groups in total. The van der Waals surface area contributed by atoms with E-state index in [1.165, 1.54) is 0 Å². The Morgan fingerprint density at radius 1 is 1.36 bits per heavy atom. The fraction of sp³-hybridized carbons (Fsp3) is 0.222. The molecule has 0 amide bonds. The van der Waals surface area contributed by atoms with Crippen molar-refractivity contribution in [3.63, 3.8) is 0 Å². The highest BCUT2D eigenvalue weighted by Gasteiger charge is 2.02. The second-order valence-electron chi connectivity index (χ2n) is 2.98. The number of aryl methyl sites for hydroxylation is 1. The molecule has 72 valence electrons. The maximum atomic E-state index is 5.63. The third-order valence-electron chi connectivity index (χ3n) is 1.95. The van der Waals surface area contributed by atoms with Crippen molar-refractivity contribution < 1.29 is 0 Å². The van der Waals surface area contributed by atoms with Crippen molar-refractivity contribution in [1.82, 2.24) is 19.7 Å². The van der Waals surface area contributed by atoms with Gasteiger partial charge in [-0.3, -0.25) is 0 Å². The van der Waals surface area contributed by atoms with Crippen molar-refractivity contribution in [1.29, 1.82) is 0 Å². The maximum Gasteiger partial charge on any atom is 0.151 e. The van der Waals surface area contributed by atoms with Crippen LogP contribution in [0, 0.1) is 0 Å². The molecule has 0 saturated heterocycles. The fourth-order valence-electron chi connectivity index (χ4n) is 1.17. The van der Waals surface area contributed by atoms with Crippen LogP contribution in [0.4, 0.5) is 0 Å². The highest BCUT2D eigenvalue weighted by molar-refractivity contribution is 6.29. The summed E-state index contributed by atoms with van der Waals surface area (Å²) in [4.78, 5) is 4.20. The summed E-state index contributed by atoms with van der Waals surface area (Å²) in [6, 6.07) is 3.58. The minimum atomic E-state index is 0.411. The van der Waals surface area contributed by atoms with E-state index in [9.17, 15) is 0 Å². The van der Waals surface area contributed by atoms with Gasteiger partial charge in [0.1, 0.15) is 5.82 Å². The van der Waals surface area contributed by atoms with Gasteiger partial charge in [0.2, 0.25) is 0 Å². The number of halogens is 1. The Labute approximate surface area is 86.6 Å². The van der Waals surface area contributed by atoms with Crippen LogP contribution in [0.5, 0.6) is 0 Å². The molecule has 0 spiro atoms. The minimum absolute atomic E-state index is 0.411. The monoisotopic (exact) mass is 208 g/mol. The Morgan fingerprint density at radius 2 is 2.21 bits per heavy atom. The van der Waals surface area contributed by atoms with Gasteiger partial charge in [-0.05, 0) is 12.1 Å². The van der Waals surface area contributed by atoms with Crippen LogP contribution < -0.4 is 0 Å². The summed E-state index contributed by atoms with van der Waals surface area (Å²) in [6.07, 6.45) is 4.34. The standard InChI is InChI=1S/C9H9ClN4/c1-14-5-4-11-9(14)6-7-2-3-8(10)13-12-7/h2-5H,6H2,1H3. The zero-order chi connectivity index (χ0) is 9.97. The smallest absolute Gasteiger partial charge is 0.151 e. The van der Waals surface area contributed by atoms with E-state index < -0.39 is 0 Å². The molecule has 2 heterocycles. The molecule has 0 radical (unpaired) electrons. The van der Waals surface area contributed by atoms with E-state index in [0.717, 1.165) is 11.5 Å². The van der Waals surface area contributed by atoms with Gasteiger partial charge in [0, 0.05) is 19.4 Å². The molecule has 0 saturated carbocycles. The zero-order valence-corrected chi connectivity index (χ0v) is 8.44. The number of hydrogen-bond acceptors (Lipinski definition) is 3. The van der Waals surface area contributed by atoms with Crippen molar-refractivity contribution in [3.05, 3.63) is 41.2 Å². The maximum absolute atomic E-state index is 5.63. The summed E-state index contributed by atoms with van der Waals surface area (Å²) in [5.74, 6) is 0.960. The number of aromatic nitrogens is 4. The van der Waals surface area contributed by atoms with Crippen LogP contribution in [0.25, 0.3) is 0 Å². The van der Waals surface area contributed by atoms with E-state index in [1.807, 2.05) is 23.9 Å². The molecule has 2 rings (SSSR count). The van der Waals surface area contributed by atoms with Crippen molar-refractivity contribution in [2.75, 3.05) is 0 Å². The molecule has 0 aromatic carbocycles. The van der Waals surface area contributed by atoms with Crippen LogP contribution in [0.3, 0.4) is 0 Å². The normalized spacial score (nSPS) is 10.4. The Bertz CT molecular complexity index is 421. The molecule has 14 heavy (non-hydrogen) atoms. The highest BCUT2D eigenvalue weighted by Crippen LogP contribution is 2.06. The Morgan fingerprint density at radius 3 is 2.79 bits per heavy atom. The summed E-state index contributed by atoms with van der Waals surface area (Å²) in [5, 5.41) is 8.14. The predicted molar refractivity (Wildman–Crippen MR) is 53.1 cm³/mol. The molecule has 2 aromatic rings. The van der Waals surface area contributed by atoms with Crippen LogP contribution in [-0.2, 0) is 13.5 Å². The first-order chi connectivity index (χ1) is 6.75. The Kier molecular flexibility index (Phi) is 2.45. The van der Waals surface area contributed by atoms with E-state index in [-0.39, 0.29) is 0 Å². The quantitative estimate of drug-likeness (QED) is 0.751. The molecule has 5 heteroatoms. The molecular weight excluding hydrogens is 200 g/mol. The van der Waals surface area contributed by atoms with Crippen LogP contribution in [0.15, 0.2) is 24.5 Å². The summed E-state index contributed by atoms with van der Waals surface area (Å²) in [5.41, 5.74) is 0.865. The van der Waals surface area contributed by atoms with Crippen LogP contribution in [0.1, 0.15) is 11.5 Å². The van der Waals surface area contributed by atoms with Gasteiger partial charge >= 0.3 is 0 Å². The summed E-state index contributed by atoms with van der Waals surface area (Å²) < 4.78 is 1.95. The fourth-order valence-corrected chi connectivity index (χ4v) is 1.27. The molecule has 0 unspecified atom stereocenters. The third-order valence-corrected chi connectivity index (χ3v) is 2.15. The predicted octanol–water partition coefficient (Wildman–Crippen LogP) is 1.45. The van der Waals surface area contributed by atoms with E-state index >= 15 is 0 Å². The molecule has 0 aliphatic carbocycles. The molecule has 0 aliphatic rings. The number of imidazole rings is 1. The lowest BCUT2D eigenvalue weighted by Crippen LogP contribution is -2.01. The second-order valence-corrected chi connectivity index (χ2v) is 3.37. The van der Waals surface area contributed by atoms with E-state index in [4.69, 9.17) is 11.6 Å². The van der Waals surface area contributed by atoms with E-state index in [2.05, 4.69) is 15.2 Å². The molecule has 4 nitrogen and oxygen atoms in total. The molecule has 0 bridgehead atoms. The molecule has 2 aromatic heterocycles. The minimum Gasteiger partial charge on any atom is -0.338 e. The first-order valence-electron chi connectivity index (χ1n) is 4.20. The van der Waals surface area contributed by atoms with Gasteiger partial charge in [-0.1, -0.05) is 11.6 Å². The number of nitrogens with zero attached hydrogens (tertiary/aromatic N) is 4. The SMILES string of the molecule is Cn1ccnc1Cc1ccc(Cl)nn1. The van der Waals surface area contributed by atoms with Crippen LogP contribution in [0.2, 0.25) is 5.15 Å². The lowest BCUT2D eigenvalue weighted by Gasteiger charge is -2.00. The highest BCUT2D eigenvalue weighted by atomic mass is 35.5. The van der Waals surface area contributed by atoms with Crippen LogP contribution >= 0.6 is 11.6 Å². The van der Waals surface area contributed by atoms with Gasteiger partial charge in [-0.15, -0.1) is 5.10 Å². The summed E-state index contributed by atoms with van der Waals surface area (Å²) in [6.45, 7) is 0. The van der Waals surface area contributed by atoms with Gasteiger partial charge in [-0.2, -0.15) is 5.10 Å². The van der Waals surface area contributed by atoms with E-state index in [1.54, 1.807) is 12.3 Å². The van der Waals surface area contributed by atoms with Crippen molar-refractivity contribution in [3.8, 4) is 0 Å². The van der Waals surface area contributed by atoms with Crippen molar-refractivity contribution in [2.45, 2.75) is 6.42 Å². The summed E-state index contributed by atoms with van der Waals surface area (Å²) in [7, 11) is 1.95. The number of hydrogen-bond donors (Lipinski definition) is 0. The largest absolute Gasteiger partial charge is 0.338 e. The van der Waals surface area contributed by atoms with Crippen LogP contribution in [-0.4, -0.2) is 19.7 Å². The first kappa shape index (κ1) is 9.15. The second kappa shape index (κ2) is 3.75. The molecule has 0 fully saturated rings. The first-order valence-corrected chi connectivity index (χ1v) is 4.58. The lowest BCUT2D eigenvalue weighted by molar-refractivity contribution is 0.799. The molecule has 0 aliphatic heterocycles. The molecular formula is C9H9ClN4. The Balaban J connectivity index is 2.19. The average molecular weight is 209 g/mol. The summed E-state index contributed by atoms with van der Waals surface area (Å²) >= 11 is 5.63. The van der Waals surface area contributed by atoms with Gasteiger partial charge in [0.05, 0.1) is 12.1 Å². The molecule has 0 atom stereocenters. The zero-order valence-electron chi connectivity index (χ0n) is 7.68. The topological polar surface area (TPSA) is 43.6 Å². The Hall–Kier alpha value is -1.42. The van der Waals surface area contributed by atoms with Gasteiger partial charge in [0.25, 0.3) is 0 Å². The average Bonchev–Trinajstić information content (AvgIpc) is 2.56.